The van der Waals surface area contributed by atoms with E-state index in [1.807, 2.05) is 25.6 Å². The summed E-state index contributed by atoms with van der Waals surface area (Å²) < 4.78 is 4.68. The van der Waals surface area contributed by atoms with E-state index in [4.69, 9.17) is 0 Å². The van der Waals surface area contributed by atoms with Crippen LogP contribution in [0.15, 0.2) is 53.8 Å². The highest BCUT2D eigenvalue weighted by molar-refractivity contribution is 7.97. The largest absolute Gasteiger partial charge is 0.392 e. The molecule has 1 saturated carbocycles. The van der Waals surface area contributed by atoms with Crippen molar-refractivity contribution in [3.63, 3.8) is 0 Å². The maximum Gasteiger partial charge on any atom is 0.231 e. The molecule has 4 aliphatic rings. The molecule has 1 saturated heterocycles. The Bertz CT molecular complexity index is 1190. The van der Waals surface area contributed by atoms with Crippen LogP contribution < -0.4 is 4.90 Å². The molecule has 6 rings (SSSR count). The predicted octanol–water partition coefficient (Wildman–Crippen LogP) is 4.48. The van der Waals surface area contributed by atoms with Gasteiger partial charge in [0.1, 0.15) is 0 Å². The van der Waals surface area contributed by atoms with Crippen molar-refractivity contribution in [3.8, 4) is 0 Å². The summed E-state index contributed by atoms with van der Waals surface area (Å²) >= 11 is 1.78. The summed E-state index contributed by atoms with van der Waals surface area (Å²) in [5, 5.41) is 11.5. The molecule has 6 nitrogen and oxygen atoms in total. The van der Waals surface area contributed by atoms with Gasteiger partial charge >= 0.3 is 0 Å². The molecule has 1 aromatic heterocycles. The number of anilines is 1. The molecule has 3 atom stereocenters. The fourth-order valence-electron chi connectivity index (χ4n) is 6.76. The Morgan fingerprint density at radius 2 is 2.12 bits per heavy atom. The minimum Gasteiger partial charge on any atom is -0.392 e. The number of nitrogens with zero attached hydrogens (tertiary/aromatic N) is 4. The molecule has 178 valence electrons. The lowest BCUT2D eigenvalue weighted by atomic mass is 9.53. The summed E-state index contributed by atoms with van der Waals surface area (Å²) in [6.45, 7) is 8.22. The number of fused-ring (bicyclic) bond motifs is 2. The molecule has 1 spiro atoms. The fraction of sp³-hybridized carbons (Fsp3) is 0.481. The molecule has 34 heavy (non-hydrogen) atoms. The Balaban J connectivity index is 1.11. The van der Waals surface area contributed by atoms with Crippen LogP contribution in [0.5, 0.6) is 0 Å². The predicted molar refractivity (Wildman–Crippen MR) is 135 cm³/mol. The quantitative estimate of drug-likeness (QED) is 0.645. The molecule has 1 aliphatic carbocycles. The van der Waals surface area contributed by atoms with Crippen LogP contribution in [0.2, 0.25) is 0 Å². The number of piperidine rings is 1. The van der Waals surface area contributed by atoms with E-state index in [9.17, 15) is 9.90 Å². The average molecular weight is 477 g/mol. The first-order valence-electron chi connectivity index (χ1n) is 12.3. The van der Waals surface area contributed by atoms with Crippen molar-refractivity contribution < 1.29 is 9.90 Å². The lowest BCUT2D eigenvalue weighted by molar-refractivity contribution is -0.152. The molecule has 4 heterocycles. The third-order valence-corrected chi connectivity index (χ3v) is 9.77. The number of likely N-dealkylation sites (N-methyl/N-ethyl adjacent to an activating group) is 1. The van der Waals surface area contributed by atoms with Gasteiger partial charge in [-0.1, -0.05) is 19.6 Å². The summed E-state index contributed by atoms with van der Waals surface area (Å²) in [5.74, 6) is 0.381. The van der Waals surface area contributed by atoms with Crippen LogP contribution in [0.25, 0.3) is 5.57 Å². The zero-order chi connectivity index (χ0) is 23.6. The smallest absolute Gasteiger partial charge is 0.231 e. The number of aliphatic hydroxyl groups excluding tert-OH is 1. The molecule has 0 bridgehead atoms. The number of rotatable bonds is 5. The third-order valence-electron chi connectivity index (χ3n) is 8.68. The number of hydrogen-bond donors (Lipinski definition) is 1. The normalized spacial score (nSPS) is 27.8. The molecule has 1 N–H and O–H groups in total. The molecule has 0 radical (unpaired) electrons. The number of imidazole rings is 1. The molecule has 3 unspecified atom stereocenters. The summed E-state index contributed by atoms with van der Waals surface area (Å²) in [6, 6.07) is 6.51. The highest BCUT2D eigenvalue weighted by Crippen LogP contribution is 2.60. The Labute approximate surface area is 205 Å². The molecule has 7 heteroatoms. The second-order valence-electron chi connectivity index (χ2n) is 10.2. The van der Waals surface area contributed by atoms with Crippen molar-refractivity contribution in [3.05, 3.63) is 60.2 Å². The number of aromatic nitrogens is 2. The molecular weight excluding hydrogens is 444 g/mol. The van der Waals surface area contributed by atoms with Crippen molar-refractivity contribution >= 4 is 29.1 Å². The van der Waals surface area contributed by atoms with Crippen LogP contribution in [-0.2, 0) is 11.2 Å². The van der Waals surface area contributed by atoms with Crippen molar-refractivity contribution in [1.29, 1.82) is 0 Å². The van der Waals surface area contributed by atoms with E-state index in [0.29, 0.717) is 6.42 Å². The Kier molecular flexibility index (Phi) is 5.28. The van der Waals surface area contributed by atoms with Crippen molar-refractivity contribution in [2.75, 3.05) is 25.0 Å². The number of benzene rings is 1. The SMILES string of the molecule is C=CC1=C(CC)c2cncn2C1C1CC2(CCN(Sc3ccc4c(c3)CC(=O)N4C)CC2)C1O. The van der Waals surface area contributed by atoms with Crippen molar-refractivity contribution in [2.45, 2.75) is 56.1 Å². The first kappa shape index (κ1) is 22.1. The summed E-state index contributed by atoms with van der Waals surface area (Å²) in [4.78, 5) is 19.3. The van der Waals surface area contributed by atoms with Crippen LogP contribution in [-0.4, -0.2) is 51.1 Å². The van der Waals surface area contributed by atoms with Crippen LogP contribution in [0.3, 0.4) is 0 Å². The number of carbonyl (C=O) groups excluding carboxylic acids is 1. The zero-order valence-electron chi connectivity index (χ0n) is 19.9. The van der Waals surface area contributed by atoms with Gasteiger partial charge < -0.3 is 14.6 Å². The molecule has 1 amide bonds. The number of carbonyl (C=O) groups is 1. The molecular formula is C27H32N4O2S. The van der Waals surface area contributed by atoms with E-state index >= 15 is 0 Å². The highest BCUT2D eigenvalue weighted by Gasteiger charge is 2.57. The van der Waals surface area contributed by atoms with E-state index in [1.54, 1.807) is 16.8 Å². The lowest BCUT2D eigenvalue weighted by Crippen LogP contribution is -2.58. The molecule has 2 fully saturated rings. The van der Waals surface area contributed by atoms with Crippen molar-refractivity contribution in [2.24, 2.45) is 11.3 Å². The molecule has 3 aliphatic heterocycles. The molecule has 1 aromatic carbocycles. The van der Waals surface area contributed by atoms with Crippen LogP contribution in [0.1, 0.15) is 49.9 Å². The van der Waals surface area contributed by atoms with Gasteiger partial charge in [-0.2, -0.15) is 0 Å². The number of allylic oxidation sites excluding steroid dienone is 3. The van der Waals surface area contributed by atoms with Gasteiger partial charge in [-0.05, 0) is 78.0 Å². The second kappa shape index (κ2) is 8.11. The summed E-state index contributed by atoms with van der Waals surface area (Å²) in [7, 11) is 1.85. The monoisotopic (exact) mass is 476 g/mol. The number of aliphatic hydroxyl groups is 1. The minimum atomic E-state index is -0.299. The molecule has 2 aromatic rings. The van der Waals surface area contributed by atoms with E-state index in [1.165, 1.54) is 21.7 Å². The van der Waals surface area contributed by atoms with Gasteiger partial charge in [-0.3, -0.25) is 4.79 Å². The van der Waals surface area contributed by atoms with E-state index < -0.39 is 0 Å². The van der Waals surface area contributed by atoms with Gasteiger partial charge in [0.05, 0.1) is 36.8 Å². The number of amides is 1. The zero-order valence-corrected chi connectivity index (χ0v) is 20.7. The van der Waals surface area contributed by atoms with Gasteiger partial charge in [-0.15, -0.1) is 0 Å². The topological polar surface area (TPSA) is 61.6 Å². The Morgan fingerprint density at radius 3 is 2.82 bits per heavy atom. The first-order chi connectivity index (χ1) is 16.5. The standard InChI is InChI=1S/C27H32N4O2S/c1-4-19-20(5-2)25(31-16-28-15-23(19)31)21-14-27(26(21)33)8-10-30(11-9-27)34-18-6-7-22-17(12-18)13-24(32)29(22)3/h5-7,12,15-16,21,25-26,33H,2,4,8-11,13-14H2,1,3H3. The minimum absolute atomic E-state index is 0.0246. The van der Waals surface area contributed by atoms with E-state index in [-0.39, 0.29) is 29.4 Å². The Morgan fingerprint density at radius 1 is 1.32 bits per heavy atom. The van der Waals surface area contributed by atoms with E-state index in [0.717, 1.165) is 50.0 Å². The van der Waals surface area contributed by atoms with Crippen LogP contribution >= 0.6 is 11.9 Å². The van der Waals surface area contributed by atoms with Crippen molar-refractivity contribution in [1.82, 2.24) is 13.9 Å². The van der Waals surface area contributed by atoms with Gasteiger partial charge in [0.25, 0.3) is 0 Å². The summed E-state index contributed by atoms with van der Waals surface area (Å²) in [5.41, 5.74) is 5.95. The Hall–Kier alpha value is -2.35. The summed E-state index contributed by atoms with van der Waals surface area (Å²) in [6.07, 6.45) is 10.1. The van der Waals surface area contributed by atoms with Crippen LogP contribution in [0, 0.1) is 11.3 Å². The van der Waals surface area contributed by atoms with Gasteiger partial charge in [0.15, 0.2) is 0 Å². The maximum atomic E-state index is 12.0. The lowest BCUT2D eigenvalue weighted by Gasteiger charge is -2.58. The average Bonchev–Trinajstić information content (AvgIpc) is 3.50. The third kappa shape index (κ3) is 3.17. The van der Waals surface area contributed by atoms with E-state index in [2.05, 4.69) is 45.6 Å². The number of hydrogen-bond acceptors (Lipinski definition) is 5. The highest BCUT2D eigenvalue weighted by atomic mass is 32.2. The maximum absolute atomic E-state index is 12.0. The van der Waals surface area contributed by atoms with Gasteiger partial charge in [0.2, 0.25) is 5.91 Å². The second-order valence-corrected chi connectivity index (χ2v) is 11.4. The van der Waals surface area contributed by atoms with Gasteiger partial charge in [0, 0.05) is 36.6 Å². The fourth-order valence-corrected chi connectivity index (χ4v) is 7.74. The first-order valence-corrected chi connectivity index (χ1v) is 13.1. The van der Waals surface area contributed by atoms with Crippen LogP contribution in [0.4, 0.5) is 5.69 Å². The van der Waals surface area contributed by atoms with Gasteiger partial charge in [-0.25, -0.2) is 9.29 Å².